The second-order valence-corrected chi connectivity index (χ2v) is 6.68. The zero-order valence-corrected chi connectivity index (χ0v) is 15.0. The summed E-state index contributed by atoms with van der Waals surface area (Å²) in [5.74, 6) is 1.07. The summed E-state index contributed by atoms with van der Waals surface area (Å²) in [6.07, 6.45) is -0.552. The number of aliphatic hydroxyl groups excluding tert-OH is 1. The monoisotopic (exact) mass is 438 g/mol. The fraction of sp³-hybridized carbons (Fsp3) is 0.143. The van der Waals surface area contributed by atoms with E-state index in [1.54, 1.807) is 37.3 Å². The Morgan fingerprint density at radius 1 is 1.05 bits per heavy atom. The van der Waals surface area contributed by atoms with Gasteiger partial charge >= 0.3 is 0 Å². The molecule has 0 radical (unpaired) electrons. The molecule has 0 amide bonds. The second-order valence-electron chi connectivity index (χ2n) is 4.16. The SMILES string of the molecule is C[C@H](O)c1ccc(Oc2cc(Cl)c(Br)cc2Cl)cc1Br. The first kappa shape index (κ1) is 16.1. The Hall–Kier alpha value is -0.260. The highest BCUT2D eigenvalue weighted by Gasteiger charge is 2.11. The predicted molar refractivity (Wildman–Crippen MR) is 89.0 cm³/mol. The topological polar surface area (TPSA) is 29.5 Å². The van der Waals surface area contributed by atoms with Gasteiger partial charge in [-0.3, -0.25) is 0 Å². The molecule has 0 saturated carbocycles. The molecule has 0 bridgehead atoms. The Labute approximate surface area is 143 Å². The van der Waals surface area contributed by atoms with Crippen molar-refractivity contribution in [2.24, 2.45) is 0 Å². The molecule has 2 rings (SSSR count). The van der Waals surface area contributed by atoms with Crippen LogP contribution in [0.25, 0.3) is 0 Å². The van der Waals surface area contributed by atoms with Gasteiger partial charge in [-0.25, -0.2) is 0 Å². The molecule has 0 aromatic heterocycles. The normalized spacial score (nSPS) is 12.3. The summed E-state index contributed by atoms with van der Waals surface area (Å²) in [4.78, 5) is 0. The Morgan fingerprint density at radius 2 is 1.75 bits per heavy atom. The lowest BCUT2D eigenvalue weighted by Crippen LogP contribution is -1.93. The van der Waals surface area contributed by atoms with Crippen molar-refractivity contribution >= 4 is 55.1 Å². The van der Waals surface area contributed by atoms with Crippen LogP contribution < -0.4 is 4.74 Å². The minimum atomic E-state index is -0.552. The first-order chi connectivity index (χ1) is 9.38. The molecule has 2 aromatic rings. The highest BCUT2D eigenvalue weighted by Crippen LogP contribution is 2.37. The average Bonchev–Trinajstić information content (AvgIpc) is 2.35. The zero-order valence-electron chi connectivity index (χ0n) is 10.3. The third kappa shape index (κ3) is 3.68. The molecular formula is C14H10Br2Cl2O2. The molecule has 1 atom stereocenters. The molecule has 106 valence electrons. The van der Waals surface area contributed by atoms with E-state index in [2.05, 4.69) is 31.9 Å². The molecular weight excluding hydrogens is 431 g/mol. The molecule has 0 fully saturated rings. The standard InChI is InChI=1S/C14H10Br2Cl2O2/c1-7(19)9-3-2-8(4-10(9)15)20-14-6-12(17)11(16)5-13(14)18/h2-7,19H,1H3/t7-/m0/s1. The lowest BCUT2D eigenvalue weighted by Gasteiger charge is -2.12. The quantitative estimate of drug-likeness (QED) is 0.562. The largest absolute Gasteiger partial charge is 0.456 e. The fourth-order valence-electron chi connectivity index (χ4n) is 1.62. The van der Waals surface area contributed by atoms with Crippen molar-refractivity contribution in [1.82, 2.24) is 0 Å². The van der Waals surface area contributed by atoms with Gasteiger partial charge in [0, 0.05) is 15.0 Å². The molecule has 2 nitrogen and oxygen atoms in total. The molecule has 0 saturated heterocycles. The van der Waals surface area contributed by atoms with E-state index in [-0.39, 0.29) is 0 Å². The van der Waals surface area contributed by atoms with Gasteiger partial charge in [-0.1, -0.05) is 45.2 Å². The summed E-state index contributed by atoms with van der Waals surface area (Å²) in [6, 6.07) is 8.65. The number of halogens is 4. The third-order valence-electron chi connectivity index (χ3n) is 2.62. The van der Waals surface area contributed by atoms with E-state index < -0.39 is 6.10 Å². The lowest BCUT2D eigenvalue weighted by atomic mass is 10.1. The third-order valence-corrected chi connectivity index (χ3v) is 4.80. The minimum absolute atomic E-state index is 0.456. The molecule has 6 heteroatoms. The van der Waals surface area contributed by atoms with Crippen LogP contribution in [0, 0.1) is 0 Å². The van der Waals surface area contributed by atoms with Crippen LogP contribution in [0.5, 0.6) is 11.5 Å². The van der Waals surface area contributed by atoms with Gasteiger partial charge in [0.05, 0.1) is 16.1 Å². The molecule has 0 unspecified atom stereocenters. The zero-order chi connectivity index (χ0) is 14.9. The van der Waals surface area contributed by atoms with Gasteiger partial charge in [-0.05, 0) is 46.6 Å². The maximum Gasteiger partial charge on any atom is 0.147 e. The van der Waals surface area contributed by atoms with Crippen LogP contribution in [-0.2, 0) is 0 Å². The van der Waals surface area contributed by atoms with E-state index in [1.807, 2.05) is 0 Å². The number of aliphatic hydroxyl groups is 1. The minimum Gasteiger partial charge on any atom is -0.456 e. The summed E-state index contributed by atoms with van der Waals surface area (Å²) in [6.45, 7) is 1.70. The summed E-state index contributed by atoms with van der Waals surface area (Å²) in [5.41, 5.74) is 0.789. The Kier molecular flexibility index (Phi) is 5.37. The van der Waals surface area contributed by atoms with Crippen molar-refractivity contribution < 1.29 is 9.84 Å². The number of rotatable bonds is 3. The molecule has 0 aliphatic heterocycles. The molecule has 0 aliphatic rings. The Morgan fingerprint density at radius 3 is 2.35 bits per heavy atom. The molecule has 20 heavy (non-hydrogen) atoms. The van der Waals surface area contributed by atoms with Gasteiger partial charge in [-0.15, -0.1) is 0 Å². The van der Waals surface area contributed by atoms with Crippen molar-refractivity contribution in [3.8, 4) is 11.5 Å². The number of ether oxygens (including phenoxy) is 1. The van der Waals surface area contributed by atoms with Crippen LogP contribution in [0.4, 0.5) is 0 Å². The van der Waals surface area contributed by atoms with Gasteiger partial charge in [0.1, 0.15) is 11.5 Å². The summed E-state index contributed by atoms with van der Waals surface area (Å²) in [5, 5.41) is 10.6. The summed E-state index contributed by atoms with van der Waals surface area (Å²) < 4.78 is 7.19. The lowest BCUT2D eigenvalue weighted by molar-refractivity contribution is 0.198. The van der Waals surface area contributed by atoms with Crippen LogP contribution in [0.3, 0.4) is 0 Å². The van der Waals surface area contributed by atoms with Crippen molar-refractivity contribution in [3.05, 3.63) is 54.9 Å². The predicted octanol–water partition coefficient (Wildman–Crippen LogP) is 6.36. The van der Waals surface area contributed by atoms with Gasteiger partial charge < -0.3 is 9.84 Å². The molecule has 0 aliphatic carbocycles. The highest BCUT2D eigenvalue weighted by atomic mass is 79.9. The Balaban J connectivity index is 2.31. The maximum atomic E-state index is 9.58. The van der Waals surface area contributed by atoms with E-state index in [4.69, 9.17) is 27.9 Å². The average molecular weight is 441 g/mol. The van der Waals surface area contributed by atoms with E-state index in [1.165, 1.54) is 0 Å². The van der Waals surface area contributed by atoms with Crippen molar-refractivity contribution in [1.29, 1.82) is 0 Å². The number of benzene rings is 2. The van der Waals surface area contributed by atoms with Gasteiger partial charge in [0.15, 0.2) is 0 Å². The van der Waals surface area contributed by atoms with Crippen LogP contribution in [0.15, 0.2) is 39.3 Å². The molecule has 0 heterocycles. The fourth-order valence-corrected chi connectivity index (χ4v) is 3.14. The smallest absolute Gasteiger partial charge is 0.147 e. The van der Waals surface area contributed by atoms with E-state index in [0.717, 1.165) is 10.0 Å². The number of hydrogen-bond acceptors (Lipinski definition) is 2. The Bertz CT molecular complexity index is 645. The molecule has 1 N–H and O–H groups in total. The van der Waals surface area contributed by atoms with Crippen molar-refractivity contribution in [2.75, 3.05) is 0 Å². The molecule has 0 spiro atoms. The van der Waals surface area contributed by atoms with Crippen LogP contribution in [-0.4, -0.2) is 5.11 Å². The van der Waals surface area contributed by atoms with E-state index in [0.29, 0.717) is 26.0 Å². The van der Waals surface area contributed by atoms with E-state index >= 15 is 0 Å². The maximum absolute atomic E-state index is 9.58. The van der Waals surface area contributed by atoms with Gasteiger partial charge in [-0.2, -0.15) is 0 Å². The van der Waals surface area contributed by atoms with Crippen LogP contribution in [0.1, 0.15) is 18.6 Å². The highest BCUT2D eigenvalue weighted by molar-refractivity contribution is 9.10. The van der Waals surface area contributed by atoms with Crippen molar-refractivity contribution in [2.45, 2.75) is 13.0 Å². The summed E-state index contributed by atoms with van der Waals surface area (Å²) in [7, 11) is 0. The van der Waals surface area contributed by atoms with Gasteiger partial charge in [0.25, 0.3) is 0 Å². The second kappa shape index (κ2) is 6.67. The van der Waals surface area contributed by atoms with Gasteiger partial charge in [0.2, 0.25) is 0 Å². The first-order valence-electron chi connectivity index (χ1n) is 5.68. The summed E-state index contributed by atoms with van der Waals surface area (Å²) >= 11 is 18.8. The molecule has 2 aromatic carbocycles. The van der Waals surface area contributed by atoms with Crippen LogP contribution >= 0.6 is 55.1 Å². The number of hydrogen-bond donors (Lipinski definition) is 1. The van der Waals surface area contributed by atoms with Crippen molar-refractivity contribution in [3.63, 3.8) is 0 Å². The van der Waals surface area contributed by atoms with E-state index in [9.17, 15) is 5.11 Å². The van der Waals surface area contributed by atoms with Crippen LogP contribution in [0.2, 0.25) is 10.0 Å². The first-order valence-corrected chi connectivity index (χ1v) is 8.02.